The van der Waals surface area contributed by atoms with E-state index in [9.17, 15) is 4.39 Å². The zero-order valence-corrected chi connectivity index (χ0v) is 13.2. The van der Waals surface area contributed by atoms with Crippen molar-refractivity contribution in [3.8, 4) is 0 Å². The lowest BCUT2D eigenvalue weighted by Gasteiger charge is -2.37. The van der Waals surface area contributed by atoms with E-state index in [0.717, 1.165) is 35.7 Å². The minimum atomic E-state index is -0.130. The molecule has 106 valence electrons. The second kappa shape index (κ2) is 6.33. The normalized spacial score (nSPS) is 25.6. The molecular formula is C15H22BrFN2. The molecule has 2 nitrogen and oxygen atoms in total. The van der Waals surface area contributed by atoms with Gasteiger partial charge in [-0.15, -0.1) is 0 Å². The van der Waals surface area contributed by atoms with Crippen LogP contribution in [-0.4, -0.2) is 24.0 Å². The van der Waals surface area contributed by atoms with E-state index < -0.39 is 0 Å². The van der Waals surface area contributed by atoms with Gasteiger partial charge in [-0.3, -0.25) is 4.90 Å². The Labute approximate surface area is 123 Å². The highest BCUT2D eigenvalue weighted by Gasteiger charge is 2.26. The van der Waals surface area contributed by atoms with Crippen molar-refractivity contribution in [2.45, 2.75) is 50.7 Å². The van der Waals surface area contributed by atoms with Crippen LogP contribution in [0, 0.1) is 5.82 Å². The molecule has 0 bridgehead atoms. The van der Waals surface area contributed by atoms with Crippen LogP contribution in [0.1, 0.15) is 44.2 Å². The monoisotopic (exact) mass is 328 g/mol. The summed E-state index contributed by atoms with van der Waals surface area (Å²) in [5, 5.41) is 0. The van der Waals surface area contributed by atoms with Gasteiger partial charge in [0.25, 0.3) is 0 Å². The fourth-order valence-electron chi connectivity index (χ4n) is 2.88. The van der Waals surface area contributed by atoms with Crippen LogP contribution in [0.25, 0.3) is 0 Å². The van der Waals surface area contributed by atoms with E-state index >= 15 is 0 Å². The summed E-state index contributed by atoms with van der Waals surface area (Å²) in [6.45, 7) is 2.07. The average Bonchev–Trinajstić information content (AvgIpc) is 2.41. The Morgan fingerprint density at radius 1 is 1.32 bits per heavy atom. The topological polar surface area (TPSA) is 29.3 Å². The molecule has 1 aliphatic rings. The molecule has 0 saturated heterocycles. The van der Waals surface area contributed by atoms with Crippen molar-refractivity contribution >= 4 is 15.9 Å². The van der Waals surface area contributed by atoms with Crippen LogP contribution >= 0.6 is 15.9 Å². The third-order valence-corrected chi connectivity index (χ3v) is 4.83. The number of hydrogen-bond donors (Lipinski definition) is 1. The SMILES string of the molecule is CC(c1cc(Br)ccc1F)N(C)C1CCC(N)CC1. The summed E-state index contributed by atoms with van der Waals surface area (Å²) in [5.41, 5.74) is 6.70. The van der Waals surface area contributed by atoms with E-state index in [2.05, 4.69) is 34.8 Å². The van der Waals surface area contributed by atoms with Crippen LogP contribution in [0.5, 0.6) is 0 Å². The van der Waals surface area contributed by atoms with E-state index in [1.807, 2.05) is 6.07 Å². The largest absolute Gasteiger partial charge is 0.328 e. The first-order chi connectivity index (χ1) is 8.99. The third-order valence-electron chi connectivity index (χ3n) is 4.34. The lowest BCUT2D eigenvalue weighted by molar-refractivity contribution is 0.138. The van der Waals surface area contributed by atoms with Gasteiger partial charge in [0, 0.05) is 28.2 Å². The number of benzene rings is 1. The molecule has 1 atom stereocenters. The lowest BCUT2D eigenvalue weighted by atomic mass is 9.89. The van der Waals surface area contributed by atoms with Gasteiger partial charge in [0.05, 0.1) is 0 Å². The summed E-state index contributed by atoms with van der Waals surface area (Å²) in [6, 6.07) is 6.09. The van der Waals surface area contributed by atoms with Gasteiger partial charge < -0.3 is 5.73 Å². The predicted octanol–water partition coefficient (Wildman–Crippen LogP) is 3.85. The van der Waals surface area contributed by atoms with E-state index in [4.69, 9.17) is 5.73 Å². The Hall–Kier alpha value is -0.450. The maximum absolute atomic E-state index is 13.9. The van der Waals surface area contributed by atoms with Crippen molar-refractivity contribution in [2.24, 2.45) is 5.73 Å². The zero-order valence-electron chi connectivity index (χ0n) is 11.6. The van der Waals surface area contributed by atoms with Crippen LogP contribution in [0.3, 0.4) is 0 Å². The average molecular weight is 329 g/mol. The molecule has 19 heavy (non-hydrogen) atoms. The molecule has 0 spiro atoms. The standard InChI is InChI=1S/C15H22BrFN2/c1-10(14-9-11(16)3-8-15(14)17)19(2)13-6-4-12(18)5-7-13/h3,8-10,12-13H,4-7,18H2,1-2H3. The highest BCUT2D eigenvalue weighted by molar-refractivity contribution is 9.10. The van der Waals surface area contributed by atoms with E-state index in [1.54, 1.807) is 6.07 Å². The number of hydrogen-bond acceptors (Lipinski definition) is 2. The smallest absolute Gasteiger partial charge is 0.128 e. The van der Waals surface area contributed by atoms with E-state index in [1.165, 1.54) is 6.07 Å². The molecule has 1 saturated carbocycles. The van der Waals surface area contributed by atoms with Gasteiger partial charge in [0.15, 0.2) is 0 Å². The van der Waals surface area contributed by atoms with Gasteiger partial charge in [0.2, 0.25) is 0 Å². The maximum Gasteiger partial charge on any atom is 0.128 e. The fourth-order valence-corrected chi connectivity index (χ4v) is 3.26. The molecule has 0 aromatic heterocycles. The Kier molecular flexibility index (Phi) is 4.98. The fraction of sp³-hybridized carbons (Fsp3) is 0.600. The number of halogens is 2. The van der Waals surface area contributed by atoms with Crippen LogP contribution in [0.2, 0.25) is 0 Å². The minimum Gasteiger partial charge on any atom is -0.328 e. The predicted molar refractivity (Wildman–Crippen MR) is 80.5 cm³/mol. The van der Waals surface area contributed by atoms with Crippen molar-refractivity contribution in [3.63, 3.8) is 0 Å². The van der Waals surface area contributed by atoms with Crippen molar-refractivity contribution in [1.82, 2.24) is 4.90 Å². The molecule has 1 aromatic rings. The zero-order chi connectivity index (χ0) is 14.0. The molecule has 0 radical (unpaired) electrons. The molecule has 1 fully saturated rings. The second-order valence-corrected chi connectivity index (χ2v) is 6.49. The van der Waals surface area contributed by atoms with Crippen LogP contribution in [-0.2, 0) is 0 Å². The summed E-state index contributed by atoms with van der Waals surface area (Å²) in [5.74, 6) is -0.130. The first-order valence-electron chi connectivity index (χ1n) is 6.91. The van der Waals surface area contributed by atoms with Crippen LogP contribution in [0.15, 0.2) is 22.7 Å². The van der Waals surface area contributed by atoms with Crippen LogP contribution in [0.4, 0.5) is 4.39 Å². The highest BCUT2D eigenvalue weighted by Crippen LogP contribution is 2.30. The van der Waals surface area contributed by atoms with Gasteiger partial charge in [-0.25, -0.2) is 4.39 Å². The first kappa shape index (κ1) is 14.9. The molecule has 2 N–H and O–H groups in total. The van der Waals surface area contributed by atoms with Gasteiger partial charge in [-0.1, -0.05) is 15.9 Å². The van der Waals surface area contributed by atoms with E-state index in [-0.39, 0.29) is 11.9 Å². The number of rotatable bonds is 3. The van der Waals surface area contributed by atoms with E-state index in [0.29, 0.717) is 12.1 Å². The molecule has 0 aliphatic heterocycles. The first-order valence-corrected chi connectivity index (χ1v) is 7.70. The van der Waals surface area contributed by atoms with Gasteiger partial charge in [-0.2, -0.15) is 0 Å². The molecule has 1 unspecified atom stereocenters. The Balaban J connectivity index is 2.10. The molecule has 0 heterocycles. The summed E-state index contributed by atoms with van der Waals surface area (Å²) in [7, 11) is 2.09. The molecule has 2 rings (SSSR count). The maximum atomic E-state index is 13.9. The summed E-state index contributed by atoms with van der Waals surface area (Å²) in [4.78, 5) is 2.29. The van der Waals surface area contributed by atoms with Gasteiger partial charge in [-0.05, 0) is 57.9 Å². The highest BCUT2D eigenvalue weighted by atomic mass is 79.9. The van der Waals surface area contributed by atoms with Crippen molar-refractivity contribution in [1.29, 1.82) is 0 Å². The molecule has 1 aliphatic carbocycles. The van der Waals surface area contributed by atoms with Gasteiger partial charge in [0.1, 0.15) is 5.82 Å². The Bertz CT molecular complexity index is 430. The second-order valence-electron chi connectivity index (χ2n) is 5.58. The third kappa shape index (κ3) is 3.56. The number of nitrogens with two attached hydrogens (primary N) is 1. The molecular weight excluding hydrogens is 307 g/mol. The summed E-state index contributed by atoms with van der Waals surface area (Å²) >= 11 is 3.42. The molecule has 4 heteroatoms. The van der Waals surface area contributed by atoms with Crippen molar-refractivity contribution < 1.29 is 4.39 Å². The minimum absolute atomic E-state index is 0.0804. The Morgan fingerprint density at radius 3 is 2.58 bits per heavy atom. The molecule has 1 aromatic carbocycles. The summed E-state index contributed by atoms with van der Waals surface area (Å²) < 4.78 is 14.9. The van der Waals surface area contributed by atoms with Crippen molar-refractivity contribution in [3.05, 3.63) is 34.1 Å². The van der Waals surface area contributed by atoms with Crippen LogP contribution < -0.4 is 5.73 Å². The summed E-state index contributed by atoms with van der Waals surface area (Å²) in [6.07, 6.45) is 4.36. The lowest BCUT2D eigenvalue weighted by Crippen LogP contribution is -2.40. The quantitative estimate of drug-likeness (QED) is 0.913. The number of nitrogens with zero attached hydrogens (tertiary/aromatic N) is 1. The van der Waals surface area contributed by atoms with Gasteiger partial charge >= 0.3 is 0 Å². The molecule has 0 amide bonds. The Morgan fingerprint density at radius 2 is 1.95 bits per heavy atom. The van der Waals surface area contributed by atoms with Crippen molar-refractivity contribution in [2.75, 3.05) is 7.05 Å².